The summed E-state index contributed by atoms with van der Waals surface area (Å²) in [5.41, 5.74) is 0.00633. The number of rotatable bonds is 2. The molecule has 0 N–H and O–H groups in total. The van der Waals surface area contributed by atoms with Crippen LogP contribution in [0.1, 0.15) is 53.4 Å². The van der Waals surface area contributed by atoms with Gasteiger partial charge in [0.15, 0.2) is 6.10 Å². The van der Waals surface area contributed by atoms with Crippen LogP contribution >= 0.6 is 0 Å². The molecule has 0 radical (unpaired) electrons. The Morgan fingerprint density at radius 2 is 1.72 bits per heavy atom. The van der Waals surface area contributed by atoms with Gasteiger partial charge in [0.05, 0.1) is 0 Å². The van der Waals surface area contributed by atoms with Crippen molar-refractivity contribution in [2.24, 2.45) is 0 Å². The van der Waals surface area contributed by atoms with Crippen molar-refractivity contribution in [3.8, 4) is 0 Å². The Kier molecular flexibility index (Phi) is 3.45. The predicted molar refractivity (Wildman–Crippen MR) is 71.0 cm³/mol. The average molecular weight is 254 g/mol. The number of piperidine rings is 1. The van der Waals surface area contributed by atoms with Gasteiger partial charge in [-0.1, -0.05) is 0 Å². The highest BCUT2D eigenvalue weighted by Crippen LogP contribution is 2.39. The molecular weight excluding hydrogens is 228 g/mol. The third-order valence-corrected chi connectivity index (χ3v) is 4.29. The van der Waals surface area contributed by atoms with Crippen molar-refractivity contribution < 1.29 is 9.63 Å². The van der Waals surface area contributed by atoms with Gasteiger partial charge in [-0.2, -0.15) is 5.06 Å². The summed E-state index contributed by atoms with van der Waals surface area (Å²) in [5, 5.41) is 2.09. The van der Waals surface area contributed by atoms with E-state index in [0.29, 0.717) is 0 Å². The van der Waals surface area contributed by atoms with E-state index in [1.165, 1.54) is 6.42 Å². The van der Waals surface area contributed by atoms with Gasteiger partial charge in [0.25, 0.3) is 5.91 Å². The lowest BCUT2D eigenvalue weighted by Crippen LogP contribution is -2.59. The lowest BCUT2D eigenvalue weighted by molar-refractivity contribution is -0.297. The van der Waals surface area contributed by atoms with Crippen LogP contribution in [0.25, 0.3) is 0 Å². The van der Waals surface area contributed by atoms with E-state index in [1.807, 2.05) is 7.05 Å². The maximum atomic E-state index is 12.0. The fraction of sp³-hybridized carbons (Fsp3) is 0.929. The third-order valence-electron chi connectivity index (χ3n) is 4.29. The zero-order valence-corrected chi connectivity index (χ0v) is 12.3. The first-order chi connectivity index (χ1) is 8.24. The minimum atomic E-state index is -0.286. The number of hydrogen-bond acceptors (Lipinski definition) is 3. The van der Waals surface area contributed by atoms with Crippen LogP contribution in [-0.2, 0) is 9.63 Å². The second kappa shape index (κ2) is 4.49. The summed E-state index contributed by atoms with van der Waals surface area (Å²) in [7, 11) is 1.85. The van der Waals surface area contributed by atoms with Crippen LogP contribution in [0.3, 0.4) is 0 Å². The molecule has 2 aliphatic heterocycles. The summed E-state index contributed by atoms with van der Waals surface area (Å²) in [4.78, 5) is 19.8. The van der Waals surface area contributed by atoms with Crippen LogP contribution in [0.4, 0.5) is 0 Å². The first-order valence-corrected chi connectivity index (χ1v) is 6.96. The second-order valence-corrected chi connectivity index (χ2v) is 6.92. The van der Waals surface area contributed by atoms with Crippen LogP contribution in [-0.4, -0.2) is 46.6 Å². The molecule has 1 unspecified atom stereocenters. The van der Waals surface area contributed by atoms with E-state index in [2.05, 4.69) is 32.8 Å². The van der Waals surface area contributed by atoms with E-state index >= 15 is 0 Å². The van der Waals surface area contributed by atoms with Gasteiger partial charge in [-0.3, -0.25) is 9.63 Å². The zero-order chi connectivity index (χ0) is 13.6. The summed E-state index contributed by atoms with van der Waals surface area (Å²) >= 11 is 0. The number of hydroxylamine groups is 2. The maximum Gasteiger partial charge on any atom is 0.253 e. The molecule has 0 bridgehead atoms. The second-order valence-electron chi connectivity index (χ2n) is 6.92. The van der Waals surface area contributed by atoms with Crippen LogP contribution < -0.4 is 0 Å². The Labute approximate surface area is 110 Å². The Bertz CT molecular complexity index is 323. The Morgan fingerprint density at radius 3 is 2.17 bits per heavy atom. The monoisotopic (exact) mass is 254 g/mol. The lowest BCUT2D eigenvalue weighted by Gasteiger charge is -2.51. The van der Waals surface area contributed by atoms with Crippen molar-refractivity contribution in [3.63, 3.8) is 0 Å². The van der Waals surface area contributed by atoms with E-state index < -0.39 is 0 Å². The molecule has 18 heavy (non-hydrogen) atoms. The van der Waals surface area contributed by atoms with Crippen LogP contribution in [0, 0.1) is 0 Å². The van der Waals surface area contributed by atoms with Crippen LogP contribution in [0.2, 0.25) is 0 Å². The standard InChI is InChI=1S/C14H26N2O2/c1-13(2)8-6-9-14(3,4)16(13)18-11-7-10-15(5)12(11)17/h11H,6-10H2,1-5H3. The highest BCUT2D eigenvalue weighted by molar-refractivity contribution is 5.82. The molecule has 0 saturated carbocycles. The molecule has 4 heteroatoms. The highest BCUT2D eigenvalue weighted by atomic mass is 16.7. The maximum absolute atomic E-state index is 12.0. The summed E-state index contributed by atoms with van der Waals surface area (Å²) in [6, 6.07) is 0. The number of likely N-dealkylation sites (N-methyl/N-ethyl adjacent to an activating group) is 1. The molecule has 2 rings (SSSR count). The first kappa shape index (κ1) is 13.8. The molecule has 1 atom stereocenters. The minimum Gasteiger partial charge on any atom is -0.343 e. The highest BCUT2D eigenvalue weighted by Gasteiger charge is 2.45. The molecule has 2 fully saturated rings. The molecule has 4 nitrogen and oxygen atoms in total. The summed E-state index contributed by atoms with van der Waals surface area (Å²) in [5.74, 6) is 0.118. The number of nitrogens with zero attached hydrogens (tertiary/aromatic N) is 2. The Balaban J connectivity index is 2.12. The van der Waals surface area contributed by atoms with E-state index in [0.717, 1.165) is 25.8 Å². The molecule has 0 aromatic heterocycles. The van der Waals surface area contributed by atoms with Crippen LogP contribution in [0.15, 0.2) is 0 Å². The molecule has 2 aliphatic rings. The summed E-state index contributed by atoms with van der Waals surface area (Å²) < 4.78 is 0. The molecule has 0 aromatic rings. The lowest BCUT2D eigenvalue weighted by atomic mass is 9.82. The average Bonchev–Trinajstić information content (AvgIpc) is 2.54. The van der Waals surface area contributed by atoms with E-state index in [9.17, 15) is 4.79 Å². The largest absolute Gasteiger partial charge is 0.343 e. The van der Waals surface area contributed by atoms with Gasteiger partial charge in [0.1, 0.15) is 0 Å². The topological polar surface area (TPSA) is 32.8 Å². The number of carbonyl (C=O) groups excluding carboxylic acids is 1. The zero-order valence-electron chi connectivity index (χ0n) is 12.3. The van der Waals surface area contributed by atoms with Crippen molar-refractivity contribution in [2.45, 2.75) is 70.6 Å². The normalized spacial score (nSPS) is 31.9. The SMILES string of the molecule is CN1CCC(ON2C(C)(C)CCCC2(C)C)C1=O. The fourth-order valence-electron chi connectivity index (χ4n) is 3.28. The van der Waals surface area contributed by atoms with Gasteiger partial charge in [0.2, 0.25) is 0 Å². The fourth-order valence-corrected chi connectivity index (χ4v) is 3.28. The number of carbonyl (C=O) groups is 1. The first-order valence-electron chi connectivity index (χ1n) is 6.96. The van der Waals surface area contributed by atoms with Crippen molar-refractivity contribution in [2.75, 3.05) is 13.6 Å². The number of amides is 1. The molecule has 0 aliphatic carbocycles. The van der Waals surface area contributed by atoms with Gasteiger partial charge >= 0.3 is 0 Å². The quantitative estimate of drug-likeness (QED) is 0.757. The number of likely N-dealkylation sites (tertiary alicyclic amines) is 1. The van der Waals surface area contributed by atoms with E-state index in [-0.39, 0.29) is 23.1 Å². The van der Waals surface area contributed by atoms with E-state index in [4.69, 9.17) is 4.84 Å². The molecule has 0 aromatic carbocycles. The van der Waals surface area contributed by atoms with Crippen molar-refractivity contribution in [1.82, 2.24) is 9.96 Å². The molecule has 0 spiro atoms. The van der Waals surface area contributed by atoms with E-state index in [1.54, 1.807) is 4.90 Å². The molecule has 2 heterocycles. The molecule has 1 amide bonds. The van der Waals surface area contributed by atoms with Gasteiger partial charge in [-0.05, 0) is 47.0 Å². The molecule has 2 saturated heterocycles. The molecular formula is C14H26N2O2. The minimum absolute atomic E-state index is 0.00317. The Hall–Kier alpha value is -0.610. The van der Waals surface area contributed by atoms with Crippen molar-refractivity contribution >= 4 is 5.91 Å². The summed E-state index contributed by atoms with van der Waals surface area (Å²) in [6.07, 6.45) is 3.98. The van der Waals surface area contributed by atoms with Crippen molar-refractivity contribution in [3.05, 3.63) is 0 Å². The van der Waals surface area contributed by atoms with Gasteiger partial charge < -0.3 is 4.90 Å². The third kappa shape index (κ3) is 2.41. The smallest absolute Gasteiger partial charge is 0.253 e. The van der Waals surface area contributed by atoms with Gasteiger partial charge in [-0.25, -0.2) is 0 Å². The van der Waals surface area contributed by atoms with Gasteiger partial charge in [-0.15, -0.1) is 0 Å². The van der Waals surface area contributed by atoms with Gasteiger partial charge in [0, 0.05) is 31.1 Å². The predicted octanol–water partition coefficient (Wildman–Crippen LogP) is 2.19. The molecule has 104 valence electrons. The Morgan fingerprint density at radius 1 is 1.17 bits per heavy atom. The number of hydrogen-bond donors (Lipinski definition) is 0. The summed E-state index contributed by atoms with van der Waals surface area (Å²) in [6.45, 7) is 9.63. The van der Waals surface area contributed by atoms with Crippen LogP contribution in [0.5, 0.6) is 0 Å². The van der Waals surface area contributed by atoms with Crippen molar-refractivity contribution in [1.29, 1.82) is 0 Å².